The molecule has 0 fully saturated rings. The predicted molar refractivity (Wildman–Crippen MR) is 61.0 cm³/mol. The van der Waals surface area contributed by atoms with E-state index in [4.69, 9.17) is 10.9 Å². The van der Waals surface area contributed by atoms with Gasteiger partial charge in [-0.2, -0.15) is 0 Å². The van der Waals surface area contributed by atoms with Crippen LogP contribution in [0, 0.1) is 0 Å². The Balaban J connectivity index is 2.40. The Hall–Kier alpha value is -1.69. The van der Waals surface area contributed by atoms with Gasteiger partial charge in [0.15, 0.2) is 0 Å². The zero-order chi connectivity index (χ0) is 11.8. The second-order valence-corrected chi connectivity index (χ2v) is 3.48. The third-order valence-corrected chi connectivity index (χ3v) is 2.29. The van der Waals surface area contributed by atoms with E-state index in [2.05, 4.69) is 20.4 Å². The first-order chi connectivity index (χ1) is 7.76. The van der Waals surface area contributed by atoms with Gasteiger partial charge in [0.1, 0.15) is 12.2 Å². The molecule has 1 heterocycles. The number of nitrogens with zero attached hydrogens (tertiary/aromatic N) is 3. The van der Waals surface area contributed by atoms with E-state index in [0.717, 1.165) is 12.1 Å². The van der Waals surface area contributed by atoms with Crippen LogP contribution in [0.2, 0.25) is 0 Å². The van der Waals surface area contributed by atoms with Gasteiger partial charge in [-0.15, -0.1) is 0 Å². The highest BCUT2D eigenvalue weighted by Gasteiger charge is 2.08. The Bertz CT molecular complexity index is 327. The molecule has 0 aliphatic rings. The monoisotopic (exact) mass is 223 g/mol. The Labute approximate surface area is 94.6 Å². The van der Waals surface area contributed by atoms with Gasteiger partial charge in [-0.1, -0.05) is 12.1 Å². The van der Waals surface area contributed by atoms with Crippen LogP contribution in [0.15, 0.2) is 23.7 Å². The zero-order valence-corrected chi connectivity index (χ0v) is 9.30. The summed E-state index contributed by atoms with van der Waals surface area (Å²) in [6, 6.07) is 2.04. The molecule has 1 aromatic heterocycles. The van der Waals surface area contributed by atoms with Crippen molar-refractivity contribution >= 4 is 5.84 Å². The standard InChI is InChI=1S/C10H17N5O/c1-2-8(5-10(11)15-16)13-6-9-3-4-12-7-14-9/h3-4,7-8,13,16H,2,5-6H2,1H3,(H2,11,15). The van der Waals surface area contributed by atoms with Crippen LogP contribution in [0.25, 0.3) is 0 Å². The van der Waals surface area contributed by atoms with Gasteiger partial charge in [0.05, 0.1) is 5.69 Å². The maximum absolute atomic E-state index is 8.48. The Morgan fingerprint density at radius 2 is 2.50 bits per heavy atom. The van der Waals surface area contributed by atoms with Gasteiger partial charge in [-0.3, -0.25) is 0 Å². The van der Waals surface area contributed by atoms with Crippen molar-refractivity contribution in [3.05, 3.63) is 24.3 Å². The van der Waals surface area contributed by atoms with Crippen molar-refractivity contribution in [2.45, 2.75) is 32.4 Å². The second kappa shape index (κ2) is 6.73. The molecule has 6 heteroatoms. The Kier molecular flexibility index (Phi) is 5.21. The van der Waals surface area contributed by atoms with Crippen LogP contribution < -0.4 is 11.1 Å². The lowest BCUT2D eigenvalue weighted by molar-refractivity contribution is 0.315. The van der Waals surface area contributed by atoms with Crippen LogP contribution in [-0.2, 0) is 6.54 Å². The van der Waals surface area contributed by atoms with E-state index in [-0.39, 0.29) is 11.9 Å². The van der Waals surface area contributed by atoms with Crippen molar-refractivity contribution in [2.75, 3.05) is 0 Å². The fraction of sp³-hybridized carbons (Fsp3) is 0.500. The largest absolute Gasteiger partial charge is 0.409 e. The third kappa shape index (κ3) is 4.22. The van der Waals surface area contributed by atoms with Crippen LogP contribution in [0.5, 0.6) is 0 Å². The first kappa shape index (κ1) is 12.4. The van der Waals surface area contributed by atoms with Crippen molar-refractivity contribution < 1.29 is 5.21 Å². The van der Waals surface area contributed by atoms with Crippen LogP contribution in [0.3, 0.4) is 0 Å². The molecule has 1 rings (SSSR count). The summed E-state index contributed by atoms with van der Waals surface area (Å²) >= 11 is 0. The molecule has 1 atom stereocenters. The number of nitrogens with two attached hydrogens (primary N) is 1. The van der Waals surface area contributed by atoms with E-state index in [1.807, 2.05) is 13.0 Å². The molecule has 0 aliphatic heterocycles. The van der Waals surface area contributed by atoms with Crippen molar-refractivity contribution in [1.29, 1.82) is 0 Å². The molecular weight excluding hydrogens is 206 g/mol. The van der Waals surface area contributed by atoms with Gasteiger partial charge in [-0.05, 0) is 12.5 Å². The van der Waals surface area contributed by atoms with Crippen molar-refractivity contribution in [3.63, 3.8) is 0 Å². The summed E-state index contributed by atoms with van der Waals surface area (Å²) in [5, 5.41) is 14.7. The topological polar surface area (TPSA) is 96.4 Å². The van der Waals surface area contributed by atoms with Gasteiger partial charge in [0.25, 0.3) is 0 Å². The zero-order valence-electron chi connectivity index (χ0n) is 9.30. The number of amidine groups is 1. The first-order valence-electron chi connectivity index (χ1n) is 5.21. The molecule has 1 unspecified atom stereocenters. The minimum absolute atomic E-state index is 0.186. The highest BCUT2D eigenvalue weighted by molar-refractivity contribution is 5.80. The number of rotatable bonds is 6. The summed E-state index contributed by atoms with van der Waals surface area (Å²) in [6.07, 6.45) is 4.65. The number of hydrogen-bond acceptors (Lipinski definition) is 5. The van der Waals surface area contributed by atoms with Gasteiger partial charge in [0.2, 0.25) is 0 Å². The maximum Gasteiger partial charge on any atom is 0.140 e. The van der Waals surface area contributed by atoms with Crippen molar-refractivity contribution in [3.8, 4) is 0 Å². The summed E-state index contributed by atoms with van der Waals surface area (Å²) < 4.78 is 0. The summed E-state index contributed by atoms with van der Waals surface area (Å²) in [5.74, 6) is 0.238. The van der Waals surface area contributed by atoms with Crippen LogP contribution >= 0.6 is 0 Å². The Morgan fingerprint density at radius 1 is 1.69 bits per heavy atom. The molecule has 0 saturated carbocycles. The van der Waals surface area contributed by atoms with Crippen LogP contribution in [-0.4, -0.2) is 27.1 Å². The SMILES string of the molecule is CCC(C/C(N)=N/O)NCc1ccncn1. The molecule has 0 aliphatic carbocycles. The molecule has 88 valence electrons. The van der Waals surface area contributed by atoms with Gasteiger partial charge in [-0.25, -0.2) is 9.97 Å². The van der Waals surface area contributed by atoms with E-state index in [9.17, 15) is 0 Å². The molecule has 0 radical (unpaired) electrons. The first-order valence-corrected chi connectivity index (χ1v) is 5.21. The summed E-state index contributed by atoms with van der Waals surface area (Å²) in [5.41, 5.74) is 6.38. The molecule has 1 aromatic rings. The predicted octanol–water partition coefficient (Wildman–Crippen LogP) is 0.481. The van der Waals surface area contributed by atoms with Crippen LogP contribution in [0.1, 0.15) is 25.5 Å². The third-order valence-electron chi connectivity index (χ3n) is 2.29. The minimum atomic E-state index is 0.186. The summed E-state index contributed by atoms with van der Waals surface area (Å²) in [7, 11) is 0. The second-order valence-electron chi connectivity index (χ2n) is 3.48. The molecular formula is C10H17N5O. The molecule has 0 spiro atoms. The molecule has 4 N–H and O–H groups in total. The van der Waals surface area contributed by atoms with Gasteiger partial charge < -0.3 is 16.3 Å². The number of oxime groups is 1. The highest BCUT2D eigenvalue weighted by Crippen LogP contribution is 2.00. The fourth-order valence-corrected chi connectivity index (χ4v) is 1.33. The quantitative estimate of drug-likeness (QED) is 0.282. The van der Waals surface area contributed by atoms with E-state index >= 15 is 0 Å². The summed E-state index contributed by atoms with van der Waals surface area (Å²) in [6.45, 7) is 2.70. The molecule has 16 heavy (non-hydrogen) atoms. The number of nitrogens with one attached hydrogen (secondary N) is 1. The smallest absolute Gasteiger partial charge is 0.140 e. The van der Waals surface area contributed by atoms with Crippen molar-refractivity contribution in [2.24, 2.45) is 10.9 Å². The maximum atomic E-state index is 8.48. The molecule has 0 bridgehead atoms. The van der Waals surface area contributed by atoms with E-state index in [1.54, 1.807) is 6.20 Å². The molecule has 0 aromatic carbocycles. The number of hydrogen-bond donors (Lipinski definition) is 3. The number of aromatic nitrogens is 2. The summed E-state index contributed by atoms with van der Waals surface area (Å²) in [4.78, 5) is 7.94. The Morgan fingerprint density at radius 3 is 3.06 bits per heavy atom. The lowest BCUT2D eigenvalue weighted by atomic mass is 10.1. The average Bonchev–Trinajstić information content (AvgIpc) is 2.35. The highest BCUT2D eigenvalue weighted by atomic mass is 16.4. The van der Waals surface area contributed by atoms with Gasteiger partial charge >= 0.3 is 0 Å². The lowest BCUT2D eigenvalue weighted by Crippen LogP contribution is -2.33. The van der Waals surface area contributed by atoms with E-state index in [0.29, 0.717) is 13.0 Å². The average molecular weight is 223 g/mol. The van der Waals surface area contributed by atoms with Crippen molar-refractivity contribution in [1.82, 2.24) is 15.3 Å². The fourth-order valence-electron chi connectivity index (χ4n) is 1.33. The molecule has 0 saturated heterocycles. The van der Waals surface area contributed by atoms with Gasteiger partial charge in [0, 0.05) is 25.2 Å². The lowest BCUT2D eigenvalue weighted by Gasteiger charge is -2.15. The van der Waals surface area contributed by atoms with E-state index in [1.165, 1.54) is 6.33 Å². The molecule has 0 amide bonds. The minimum Gasteiger partial charge on any atom is -0.409 e. The molecule has 6 nitrogen and oxygen atoms in total. The van der Waals surface area contributed by atoms with Crippen LogP contribution in [0.4, 0.5) is 0 Å². The van der Waals surface area contributed by atoms with E-state index < -0.39 is 0 Å². The normalized spacial score (nSPS) is 13.7.